The van der Waals surface area contributed by atoms with Gasteiger partial charge in [-0.1, -0.05) is 85.3 Å². The Morgan fingerprint density at radius 2 is 1.44 bits per heavy atom. The summed E-state index contributed by atoms with van der Waals surface area (Å²) in [5.41, 5.74) is 5.09. The molecule has 34 heavy (non-hydrogen) atoms. The molecule has 1 atom stereocenters. The summed E-state index contributed by atoms with van der Waals surface area (Å²) in [5.74, 6) is 0.155. The Kier molecular flexibility index (Phi) is 8.75. The molecule has 4 rings (SSSR count). The molecule has 3 aromatic rings. The van der Waals surface area contributed by atoms with E-state index in [0.29, 0.717) is 6.42 Å². The first kappa shape index (κ1) is 24.0. The van der Waals surface area contributed by atoms with Crippen LogP contribution >= 0.6 is 0 Å². The second kappa shape index (κ2) is 12.4. The van der Waals surface area contributed by atoms with Crippen LogP contribution < -0.4 is 10.2 Å². The Bertz CT molecular complexity index is 1010. The number of hydrogen-bond donors (Lipinski definition) is 1. The average Bonchev–Trinajstić information content (AvgIpc) is 2.90. The first-order chi connectivity index (χ1) is 16.7. The van der Waals surface area contributed by atoms with Crippen LogP contribution in [-0.2, 0) is 4.79 Å². The second-order valence-corrected chi connectivity index (χ2v) is 9.22. The van der Waals surface area contributed by atoms with Crippen LogP contribution in [0.25, 0.3) is 11.1 Å². The first-order valence-corrected chi connectivity index (χ1v) is 12.7. The summed E-state index contributed by atoms with van der Waals surface area (Å²) in [5, 5.41) is 3.12. The standard InChI is InChI=1S/C30H37N3O/c1-25(26-13-5-2-6-14-26)31-30(34)19-9-4-12-20-32-21-23-33(24-22-32)29-18-11-10-17-28(29)27-15-7-3-8-16-27/h2-3,5-8,10-11,13-18,25H,4,9,12,19-24H2,1H3,(H,31,34)/t25-/m0/s1. The zero-order chi connectivity index (χ0) is 23.6. The van der Waals surface area contributed by atoms with Gasteiger partial charge in [0.15, 0.2) is 0 Å². The highest BCUT2D eigenvalue weighted by molar-refractivity contribution is 5.78. The number of amides is 1. The predicted octanol–water partition coefficient (Wildman–Crippen LogP) is 5.91. The van der Waals surface area contributed by atoms with Gasteiger partial charge in [-0.25, -0.2) is 0 Å². The number of unbranched alkanes of at least 4 members (excludes halogenated alkanes) is 2. The summed E-state index contributed by atoms with van der Waals surface area (Å²) < 4.78 is 0. The van der Waals surface area contributed by atoms with Crippen LogP contribution in [0.3, 0.4) is 0 Å². The lowest BCUT2D eigenvalue weighted by molar-refractivity contribution is -0.121. The Morgan fingerprint density at radius 3 is 2.18 bits per heavy atom. The van der Waals surface area contributed by atoms with Crippen molar-refractivity contribution in [1.82, 2.24) is 10.2 Å². The predicted molar refractivity (Wildman–Crippen MR) is 142 cm³/mol. The minimum atomic E-state index is 0.0667. The Labute approximate surface area is 204 Å². The number of benzene rings is 3. The van der Waals surface area contributed by atoms with Gasteiger partial charge >= 0.3 is 0 Å². The number of nitrogens with one attached hydrogen (secondary N) is 1. The maximum absolute atomic E-state index is 12.3. The Balaban J connectivity index is 1.15. The largest absolute Gasteiger partial charge is 0.368 e. The van der Waals surface area contributed by atoms with Crippen LogP contribution in [0.4, 0.5) is 5.69 Å². The molecule has 4 heteroatoms. The second-order valence-electron chi connectivity index (χ2n) is 9.22. The third-order valence-corrected chi connectivity index (χ3v) is 6.76. The van der Waals surface area contributed by atoms with Crippen LogP contribution in [0.2, 0.25) is 0 Å². The molecule has 1 aliphatic rings. The average molecular weight is 456 g/mol. The van der Waals surface area contributed by atoms with E-state index in [1.165, 1.54) is 16.8 Å². The molecular formula is C30H37N3O. The lowest BCUT2D eigenvalue weighted by Gasteiger charge is -2.37. The maximum Gasteiger partial charge on any atom is 0.220 e. The van der Waals surface area contributed by atoms with Gasteiger partial charge in [0.05, 0.1) is 6.04 Å². The fraction of sp³-hybridized carbons (Fsp3) is 0.367. The van der Waals surface area contributed by atoms with E-state index in [9.17, 15) is 4.79 Å². The molecule has 3 aromatic carbocycles. The molecule has 0 aromatic heterocycles. The van der Waals surface area contributed by atoms with Gasteiger partial charge in [-0.05, 0) is 43.5 Å². The van der Waals surface area contributed by atoms with Gasteiger partial charge in [-0.15, -0.1) is 0 Å². The number of para-hydroxylation sites is 1. The number of piperazine rings is 1. The normalized spacial score (nSPS) is 15.1. The molecule has 1 amide bonds. The molecule has 178 valence electrons. The third kappa shape index (κ3) is 6.71. The summed E-state index contributed by atoms with van der Waals surface area (Å²) in [6.45, 7) is 7.48. The van der Waals surface area contributed by atoms with Crippen LogP contribution in [0, 0.1) is 0 Å². The van der Waals surface area contributed by atoms with Gasteiger partial charge in [0, 0.05) is 43.9 Å². The fourth-order valence-electron chi connectivity index (χ4n) is 4.76. The van der Waals surface area contributed by atoms with Crippen LogP contribution in [-0.4, -0.2) is 43.5 Å². The lowest BCUT2D eigenvalue weighted by atomic mass is 10.0. The number of anilines is 1. The van der Waals surface area contributed by atoms with Crippen molar-refractivity contribution in [3.8, 4) is 11.1 Å². The fourth-order valence-corrected chi connectivity index (χ4v) is 4.76. The van der Waals surface area contributed by atoms with Gasteiger partial charge in [0.25, 0.3) is 0 Å². The van der Waals surface area contributed by atoms with Gasteiger partial charge in [-0.2, -0.15) is 0 Å². The van der Waals surface area contributed by atoms with Gasteiger partial charge in [-0.3, -0.25) is 9.69 Å². The molecular weight excluding hydrogens is 418 g/mol. The molecule has 1 fully saturated rings. The zero-order valence-electron chi connectivity index (χ0n) is 20.3. The molecule has 1 N–H and O–H groups in total. The first-order valence-electron chi connectivity index (χ1n) is 12.7. The highest BCUT2D eigenvalue weighted by Crippen LogP contribution is 2.31. The van der Waals surface area contributed by atoms with E-state index in [2.05, 4.69) is 81.8 Å². The van der Waals surface area contributed by atoms with Crippen molar-refractivity contribution in [1.29, 1.82) is 0 Å². The smallest absolute Gasteiger partial charge is 0.220 e. The van der Waals surface area contributed by atoms with Crippen molar-refractivity contribution in [2.24, 2.45) is 0 Å². The zero-order valence-corrected chi connectivity index (χ0v) is 20.3. The number of carbonyl (C=O) groups excluding carboxylic acids is 1. The summed E-state index contributed by atoms with van der Waals surface area (Å²) in [6, 6.07) is 29.6. The van der Waals surface area contributed by atoms with Crippen molar-refractivity contribution >= 4 is 11.6 Å². The van der Waals surface area contributed by atoms with Crippen LogP contribution in [0.15, 0.2) is 84.9 Å². The molecule has 0 bridgehead atoms. The van der Waals surface area contributed by atoms with E-state index >= 15 is 0 Å². The molecule has 0 radical (unpaired) electrons. The van der Waals surface area contributed by atoms with Crippen molar-refractivity contribution in [2.45, 2.75) is 38.6 Å². The summed E-state index contributed by atoms with van der Waals surface area (Å²) in [6.07, 6.45) is 3.82. The molecule has 0 unspecified atom stereocenters. The number of rotatable bonds is 10. The summed E-state index contributed by atoms with van der Waals surface area (Å²) >= 11 is 0. The highest BCUT2D eigenvalue weighted by Gasteiger charge is 2.19. The van der Waals surface area contributed by atoms with E-state index in [1.54, 1.807) is 0 Å². The molecule has 4 nitrogen and oxygen atoms in total. The van der Waals surface area contributed by atoms with Crippen molar-refractivity contribution in [3.63, 3.8) is 0 Å². The van der Waals surface area contributed by atoms with Crippen molar-refractivity contribution < 1.29 is 4.79 Å². The van der Waals surface area contributed by atoms with Gasteiger partial charge in [0.2, 0.25) is 5.91 Å². The van der Waals surface area contributed by atoms with Crippen molar-refractivity contribution in [3.05, 3.63) is 90.5 Å². The maximum atomic E-state index is 12.3. The van der Waals surface area contributed by atoms with E-state index in [4.69, 9.17) is 0 Å². The van der Waals surface area contributed by atoms with Crippen LogP contribution in [0.1, 0.15) is 44.2 Å². The minimum absolute atomic E-state index is 0.0667. The molecule has 0 saturated carbocycles. The molecule has 0 aliphatic carbocycles. The Hall–Kier alpha value is -3.11. The third-order valence-electron chi connectivity index (χ3n) is 6.76. The molecule has 1 aliphatic heterocycles. The summed E-state index contributed by atoms with van der Waals surface area (Å²) in [4.78, 5) is 17.4. The van der Waals surface area contributed by atoms with E-state index < -0.39 is 0 Å². The summed E-state index contributed by atoms with van der Waals surface area (Å²) in [7, 11) is 0. The Morgan fingerprint density at radius 1 is 0.794 bits per heavy atom. The van der Waals surface area contributed by atoms with E-state index in [0.717, 1.165) is 57.5 Å². The monoisotopic (exact) mass is 455 g/mol. The van der Waals surface area contributed by atoms with E-state index in [1.807, 2.05) is 25.1 Å². The number of hydrogen-bond acceptors (Lipinski definition) is 3. The molecule has 1 saturated heterocycles. The van der Waals surface area contributed by atoms with Gasteiger partial charge < -0.3 is 10.2 Å². The number of nitrogens with zero attached hydrogens (tertiary/aromatic N) is 2. The van der Waals surface area contributed by atoms with E-state index in [-0.39, 0.29) is 11.9 Å². The molecule has 1 heterocycles. The highest BCUT2D eigenvalue weighted by atomic mass is 16.1. The minimum Gasteiger partial charge on any atom is -0.368 e. The SMILES string of the molecule is C[C@H](NC(=O)CCCCCN1CCN(c2ccccc2-c2ccccc2)CC1)c1ccccc1. The quantitative estimate of drug-likeness (QED) is 0.386. The topological polar surface area (TPSA) is 35.6 Å². The molecule has 0 spiro atoms. The van der Waals surface area contributed by atoms with Gasteiger partial charge in [0.1, 0.15) is 0 Å². The number of carbonyl (C=O) groups is 1. The van der Waals surface area contributed by atoms with Crippen molar-refractivity contribution in [2.75, 3.05) is 37.6 Å². The van der Waals surface area contributed by atoms with Crippen LogP contribution in [0.5, 0.6) is 0 Å². The lowest BCUT2D eigenvalue weighted by Crippen LogP contribution is -2.46.